The minimum atomic E-state index is -0.243. The number of anilines is 3. The van der Waals surface area contributed by atoms with Gasteiger partial charge in [-0.25, -0.2) is 9.97 Å². The van der Waals surface area contributed by atoms with Gasteiger partial charge in [0.25, 0.3) is 5.91 Å². The minimum Gasteiger partial charge on any atom is -0.325 e. The highest BCUT2D eigenvalue weighted by Crippen LogP contribution is 2.27. The van der Waals surface area contributed by atoms with E-state index in [0.29, 0.717) is 22.9 Å². The van der Waals surface area contributed by atoms with Gasteiger partial charge in [0.15, 0.2) is 0 Å². The summed E-state index contributed by atoms with van der Waals surface area (Å²) in [7, 11) is 0. The van der Waals surface area contributed by atoms with Crippen LogP contribution in [0.5, 0.6) is 0 Å². The van der Waals surface area contributed by atoms with E-state index < -0.39 is 0 Å². The van der Waals surface area contributed by atoms with Gasteiger partial charge in [-0.1, -0.05) is 54.6 Å². The second-order valence-corrected chi connectivity index (χ2v) is 7.21. The summed E-state index contributed by atoms with van der Waals surface area (Å²) in [6.07, 6.45) is 6.77. The van der Waals surface area contributed by atoms with Crippen LogP contribution in [-0.2, 0) is 0 Å². The molecule has 6 nitrogen and oxygen atoms in total. The van der Waals surface area contributed by atoms with Crippen LogP contribution in [0.4, 0.5) is 17.3 Å². The molecule has 2 N–H and O–H groups in total. The van der Waals surface area contributed by atoms with E-state index in [2.05, 4.69) is 25.6 Å². The first kappa shape index (κ1) is 19.4. The van der Waals surface area contributed by atoms with Crippen molar-refractivity contribution in [1.82, 2.24) is 15.0 Å². The summed E-state index contributed by atoms with van der Waals surface area (Å²) in [5, 5.41) is 8.28. The second kappa shape index (κ2) is 8.65. The molecule has 2 aromatic carbocycles. The van der Waals surface area contributed by atoms with E-state index in [9.17, 15) is 4.79 Å². The zero-order chi connectivity index (χ0) is 21.8. The van der Waals surface area contributed by atoms with Crippen LogP contribution >= 0.6 is 0 Å². The van der Waals surface area contributed by atoms with Gasteiger partial charge in [0, 0.05) is 35.1 Å². The Morgan fingerprint density at radius 3 is 2.38 bits per heavy atom. The van der Waals surface area contributed by atoms with Gasteiger partial charge in [0.2, 0.25) is 0 Å². The van der Waals surface area contributed by atoms with Gasteiger partial charge in [-0.05, 0) is 35.2 Å². The predicted molar refractivity (Wildman–Crippen MR) is 127 cm³/mol. The van der Waals surface area contributed by atoms with Crippen LogP contribution in [0.15, 0.2) is 104 Å². The number of fused-ring (bicyclic) bond motifs is 1. The van der Waals surface area contributed by atoms with Crippen molar-refractivity contribution in [2.45, 2.75) is 0 Å². The number of carbonyl (C=O) groups excluding carboxylic acids is 1. The highest BCUT2D eigenvalue weighted by Gasteiger charge is 2.12. The molecule has 0 saturated carbocycles. The van der Waals surface area contributed by atoms with E-state index >= 15 is 0 Å². The molecular weight excluding hydrogens is 398 g/mol. The fourth-order valence-corrected chi connectivity index (χ4v) is 3.48. The number of rotatable bonds is 5. The van der Waals surface area contributed by atoms with E-state index in [0.717, 1.165) is 21.9 Å². The lowest BCUT2D eigenvalue weighted by molar-refractivity contribution is 0.102. The maximum Gasteiger partial charge on any atom is 0.255 e. The Morgan fingerprint density at radius 1 is 0.719 bits per heavy atom. The van der Waals surface area contributed by atoms with E-state index in [1.54, 1.807) is 30.7 Å². The molecule has 6 heteroatoms. The Labute approximate surface area is 185 Å². The Balaban J connectivity index is 1.37. The first-order valence-corrected chi connectivity index (χ1v) is 10.1. The third-order valence-electron chi connectivity index (χ3n) is 5.06. The lowest BCUT2D eigenvalue weighted by Crippen LogP contribution is -2.13. The molecule has 0 aliphatic carbocycles. The van der Waals surface area contributed by atoms with Crippen molar-refractivity contribution >= 4 is 34.0 Å². The van der Waals surface area contributed by atoms with E-state index in [1.165, 1.54) is 0 Å². The average Bonchev–Trinajstić information content (AvgIpc) is 2.85. The Morgan fingerprint density at radius 2 is 1.50 bits per heavy atom. The van der Waals surface area contributed by atoms with Gasteiger partial charge in [0.1, 0.15) is 11.6 Å². The zero-order valence-electron chi connectivity index (χ0n) is 17.1. The van der Waals surface area contributed by atoms with E-state index in [-0.39, 0.29) is 5.91 Å². The van der Waals surface area contributed by atoms with Gasteiger partial charge in [-0.3, -0.25) is 9.78 Å². The summed E-state index contributed by atoms with van der Waals surface area (Å²) in [5.41, 5.74) is 3.03. The Hall–Kier alpha value is -4.58. The molecular formula is C26H19N5O. The molecule has 0 unspecified atom stereocenters. The minimum absolute atomic E-state index is 0.243. The molecule has 0 bridgehead atoms. The molecule has 5 aromatic rings. The number of carbonyl (C=O) groups is 1. The number of nitrogens with one attached hydrogen (secondary N) is 2. The van der Waals surface area contributed by atoms with E-state index in [4.69, 9.17) is 0 Å². The lowest BCUT2D eigenvalue weighted by atomic mass is 10.1. The number of pyridine rings is 3. The van der Waals surface area contributed by atoms with E-state index in [1.807, 2.05) is 72.9 Å². The molecule has 0 aliphatic heterocycles. The molecule has 32 heavy (non-hydrogen) atoms. The fraction of sp³-hybridized carbons (Fsp3) is 0. The van der Waals surface area contributed by atoms with Gasteiger partial charge in [-0.15, -0.1) is 0 Å². The Kier molecular flexibility index (Phi) is 5.24. The quantitative estimate of drug-likeness (QED) is 0.384. The smallest absolute Gasteiger partial charge is 0.255 e. The summed E-state index contributed by atoms with van der Waals surface area (Å²) in [6, 6.07) is 25.1. The summed E-state index contributed by atoms with van der Waals surface area (Å²) < 4.78 is 0. The summed E-state index contributed by atoms with van der Waals surface area (Å²) >= 11 is 0. The average molecular weight is 417 g/mol. The lowest BCUT2D eigenvalue weighted by Gasteiger charge is -2.11. The van der Waals surface area contributed by atoms with Crippen molar-refractivity contribution in [3.05, 3.63) is 109 Å². The van der Waals surface area contributed by atoms with Crippen LogP contribution < -0.4 is 10.6 Å². The summed E-state index contributed by atoms with van der Waals surface area (Å²) in [5.74, 6) is 0.953. The van der Waals surface area contributed by atoms with Crippen LogP contribution in [-0.4, -0.2) is 20.9 Å². The molecule has 3 aromatic heterocycles. The first-order chi connectivity index (χ1) is 15.8. The van der Waals surface area contributed by atoms with Gasteiger partial charge in [0.05, 0.1) is 11.9 Å². The SMILES string of the molecule is O=C(Nc1cnccc1-c1ccccc1)c1ccnc(Nc2cc3ccccc3cn2)c1. The third-order valence-corrected chi connectivity index (χ3v) is 5.06. The fourth-order valence-electron chi connectivity index (χ4n) is 3.48. The van der Waals surface area contributed by atoms with Crippen LogP contribution in [0.1, 0.15) is 10.4 Å². The monoisotopic (exact) mass is 417 g/mol. The molecule has 0 fully saturated rings. The van der Waals surface area contributed by atoms with Crippen molar-refractivity contribution in [1.29, 1.82) is 0 Å². The maximum absolute atomic E-state index is 13.0. The zero-order valence-corrected chi connectivity index (χ0v) is 17.1. The first-order valence-electron chi connectivity index (χ1n) is 10.1. The van der Waals surface area contributed by atoms with Crippen molar-refractivity contribution in [2.75, 3.05) is 10.6 Å². The summed E-state index contributed by atoms with van der Waals surface area (Å²) in [6.45, 7) is 0. The highest BCUT2D eigenvalue weighted by atomic mass is 16.1. The molecule has 5 rings (SSSR count). The maximum atomic E-state index is 13.0. The number of aromatic nitrogens is 3. The number of amides is 1. The van der Waals surface area contributed by atoms with Crippen LogP contribution in [0.25, 0.3) is 21.9 Å². The molecule has 0 spiro atoms. The van der Waals surface area contributed by atoms with Crippen LogP contribution in [0.2, 0.25) is 0 Å². The number of hydrogen-bond acceptors (Lipinski definition) is 5. The molecule has 0 radical (unpaired) electrons. The number of benzene rings is 2. The number of nitrogens with zero attached hydrogens (tertiary/aromatic N) is 3. The number of hydrogen-bond donors (Lipinski definition) is 2. The molecule has 0 saturated heterocycles. The van der Waals surface area contributed by atoms with Crippen molar-refractivity contribution in [2.24, 2.45) is 0 Å². The van der Waals surface area contributed by atoms with Crippen molar-refractivity contribution < 1.29 is 4.79 Å². The topological polar surface area (TPSA) is 79.8 Å². The van der Waals surface area contributed by atoms with Crippen LogP contribution in [0.3, 0.4) is 0 Å². The second-order valence-electron chi connectivity index (χ2n) is 7.21. The van der Waals surface area contributed by atoms with Gasteiger partial charge in [-0.2, -0.15) is 0 Å². The van der Waals surface area contributed by atoms with Crippen molar-refractivity contribution in [3.8, 4) is 11.1 Å². The molecule has 1 amide bonds. The molecule has 0 atom stereocenters. The molecule has 154 valence electrons. The third kappa shape index (κ3) is 4.15. The normalized spacial score (nSPS) is 10.6. The molecule has 0 aliphatic rings. The van der Waals surface area contributed by atoms with Crippen molar-refractivity contribution in [3.63, 3.8) is 0 Å². The van der Waals surface area contributed by atoms with Gasteiger partial charge >= 0.3 is 0 Å². The van der Waals surface area contributed by atoms with Crippen LogP contribution in [0, 0.1) is 0 Å². The molecule has 3 heterocycles. The summed E-state index contributed by atoms with van der Waals surface area (Å²) in [4.78, 5) is 25.9. The predicted octanol–water partition coefficient (Wildman–Crippen LogP) is 5.69. The largest absolute Gasteiger partial charge is 0.325 e. The highest BCUT2D eigenvalue weighted by molar-refractivity contribution is 6.06. The van der Waals surface area contributed by atoms with Gasteiger partial charge < -0.3 is 10.6 Å². The Bertz CT molecular complexity index is 1400. The standard InChI is InChI=1S/C26H19N5O/c32-26(30-23-17-27-12-11-22(23)18-6-2-1-3-7-18)20-10-13-28-24(15-20)31-25-14-19-8-4-5-9-21(19)16-29-25/h1-17H,(H,30,32)(H,28,29,31).